The predicted molar refractivity (Wildman–Crippen MR) is 141 cm³/mol. The monoisotopic (exact) mass is 504 g/mol. The molecule has 1 aliphatic rings. The Hall–Kier alpha value is -3.46. The lowest BCUT2D eigenvalue weighted by Gasteiger charge is -2.19. The van der Waals surface area contributed by atoms with E-state index >= 15 is 0 Å². The molecule has 5 aromatic rings. The summed E-state index contributed by atoms with van der Waals surface area (Å²) in [5, 5.41) is 2.22. The second kappa shape index (κ2) is 8.64. The van der Waals surface area contributed by atoms with Gasteiger partial charge in [0.15, 0.2) is 0 Å². The summed E-state index contributed by atoms with van der Waals surface area (Å²) in [5.41, 5.74) is 1.89. The SMILES string of the molecule is CO[C@H]1CCN(c2ccc3cncc(-n4c(=O)[nH]c5cc(-c6ccccc6Cl)sc5c4=O)c3c2)C1. The molecular weight excluding hydrogens is 484 g/mol. The minimum atomic E-state index is -0.508. The third-order valence-corrected chi connectivity index (χ3v) is 8.01. The van der Waals surface area contributed by atoms with Crippen molar-refractivity contribution in [1.82, 2.24) is 14.5 Å². The maximum absolute atomic E-state index is 13.6. The van der Waals surface area contributed by atoms with Crippen LogP contribution in [0.2, 0.25) is 5.02 Å². The number of nitrogens with zero attached hydrogens (tertiary/aromatic N) is 3. The number of hydrogen-bond acceptors (Lipinski definition) is 6. The normalized spacial score (nSPS) is 15.9. The van der Waals surface area contributed by atoms with Crippen molar-refractivity contribution in [1.29, 1.82) is 0 Å². The fraction of sp³-hybridized carbons (Fsp3) is 0.192. The fourth-order valence-electron chi connectivity index (χ4n) is 4.69. The summed E-state index contributed by atoms with van der Waals surface area (Å²) in [6, 6.07) is 15.3. The molecule has 1 fully saturated rings. The molecule has 0 aliphatic carbocycles. The highest BCUT2D eigenvalue weighted by atomic mass is 35.5. The zero-order valence-electron chi connectivity index (χ0n) is 18.8. The second-order valence-electron chi connectivity index (χ2n) is 8.56. The van der Waals surface area contributed by atoms with Crippen LogP contribution >= 0.6 is 22.9 Å². The summed E-state index contributed by atoms with van der Waals surface area (Å²) in [6.07, 6.45) is 4.46. The number of hydrogen-bond donors (Lipinski definition) is 1. The highest BCUT2D eigenvalue weighted by Gasteiger charge is 2.23. The Morgan fingerprint density at radius 3 is 2.80 bits per heavy atom. The van der Waals surface area contributed by atoms with Crippen LogP contribution in [-0.4, -0.2) is 40.8 Å². The summed E-state index contributed by atoms with van der Waals surface area (Å²) < 4.78 is 7.14. The smallest absolute Gasteiger partial charge is 0.333 e. The number of rotatable bonds is 4. The molecule has 0 spiro atoms. The average Bonchev–Trinajstić information content (AvgIpc) is 3.52. The molecule has 0 saturated carbocycles. The molecule has 4 heterocycles. The van der Waals surface area contributed by atoms with Gasteiger partial charge in [0.05, 0.1) is 23.5 Å². The van der Waals surface area contributed by atoms with Crippen molar-refractivity contribution in [3.05, 3.63) is 86.8 Å². The van der Waals surface area contributed by atoms with E-state index < -0.39 is 5.69 Å². The molecule has 1 N–H and O–H groups in total. The summed E-state index contributed by atoms with van der Waals surface area (Å²) in [5.74, 6) is 0. The molecule has 9 heteroatoms. The largest absolute Gasteiger partial charge is 0.380 e. The number of pyridine rings is 1. The fourth-order valence-corrected chi connectivity index (χ4v) is 6.06. The van der Waals surface area contributed by atoms with Gasteiger partial charge in [0.1, 0.15) is 4.70 Å². The van der Waals surface area contributed by atoms with Crippen LogP contribution in [0, 0.1) is 0 Å². The van der Waals surface area contributed by atoms with Crippen LogP contribution in [-0.2, 0) is 4.74 Å². The Kier molecular flexibility index (Phi) is 5.44. The molecule has 0 amide bonds. The van der Waals surface area contributed by atoms with E-state index in [1.54, 1.807) is 31.6 Å². The van der Waals surface area contributed by atoms with Crippen molar-refractivity contribution in [3.8, 4) is 16.1 Å². The number of anilines is 1. The van der Waals surface area contributed by atoms with Gasteiger partial charge in [-0.2, -0.15) is 0 Å². The van der Waals surface area contributed by atoms with Crippen LogP contribution in [0.4, 0.5) is 5.69 Å². The Labute approximate surface area is 209 Å². The lowest BCUT2D eigenvalue weighted by atomic mass is 10.1. The molecule has 1 aliphatic heterocycles. The maximum atomic E-state index is 13.6. The van der Waals surface area contributed by atoms with Gasteiger partial charge in [-0.05, 0) is 30.7 Å². The molecular formula is C26H21ClN4O3S. The second-order valence-corrected chi connectivity index (χ2v) is 10.0. The van der Waals surface area contributed by atoms with Gasteiger partial charge in [0.25, 0.3) is 5.56 Å². The molecule has 7 nitrogen and oxygen atoms in total. The van der Waals surface area contributed by atoms with E-state index in [-0.39, 0.29) is 11.7 Å². The highest BCUT2D eigenvalue weighted by molar-refractivity contribution is 7.22. The van der Waals surface area contributed by atoms with Crippen LogP contribution in [0.15, 0.2) is 70.5 Å². The van der Waals surface area contributed by atoms with Gasteiger partial charge in [-0.25, -0.2) is 9.36 Å². The molecule has 1 saturated heterocycles. The van der Waals surface area contributed by atoms with E-state index in [1.807, 2.05) is 36.4 Å². The molecule has 2 aromatic carbocycles. The minimum absolute atomic E-state index is 0.196. The number of thiophene rings is 1. The molecule has 0 bridgehead atoms. The number of halogens is 1. The lowest BCUT2D eigenvalue weighted by molar-refractivity contribution is 0.121. The van der Waals surface area contributed by atoms with Gasteiger partial charge < -0.3 is 14.6 Å². The number of H-pyrrole nitrogens is 1. The molecule has 176 valence electrons. The summed E-state index contributed by atoms with van der Waals surface area (Å²) >= 11 is 7.68. The van der Waals surface area contributed by atoms with Crippen molar-refractivity contribution in [2.75, 3.05) is 25.1 Å². The Morgan fingerprint density at radius 2 is 2.00 bits per heavy atom. The van der Waals surface area contributed by atoms with Crippen LogP contribution in [0.3, 0.4) is 0 Å². The number of aromatic nitrogens is 3. The van der Waals surface area contributed by atoms with Crippen LogP contribution in [0.25, 0.3) is 37.1 Å². The average molecular weight is 505 g/mol. The first kappa shape index (κ1) is 22.0. The van der Waals surface area contributed by atoms with Crippen molar-refractivity contribution >= 4 is 49.6 Å². The van der Waals surface area contributed by atoms with E-state index in [9.17, 15) is 9.59 Å². The number of ether oxygens (including phenoxy) is 1. The molecule has 6 rings (SSSR count). The van der Waals surface area contributed by atoms with Gasteiger partial charge in [0, 0.05) is 58.3 Å². The first-order valence-corrected chi connectivity index (χ1v) is 12.4. The summed E-state index contributed by atoms with van der Waals surface area (Å²) in [4.78, 5) is 37.0. The van der Waals surface area contributed by atoms with Gasteiger partial charge in [-0.1, -0.05) is 35.9 Å². The lowest BCUT2D eigenvalue weighted by Crippen LogP contribution is -2.33. The molecule has 3 aromatic heterocycles. The van der Waals surface area contributed by atoms with E-state index in [2.05, 4.69) is 14.9 Å². The van der Waals surface area contributed by atoms with Gasteiger partial charge in [-0.3, -0.25) is 9.78 Å². The highest BCUT2D eigenvalue weighted by Crippen LogP contribution is 2.35. The van der Waals surface area contributed by atoms with Gasteiger partial charge >= 0.3 is 5.69 Å². The van der Waals surface area contributed by atoms with Crippen LogP contribution in [0.5, 0.6) is 0 Å². The van der Waals surface area contributed by atoms with Gasteiger partial charge in [0.2, 0.25) is 0 Å². The molecule has 0 unspecified atom stereocenters. The Bertz CT molecular complexity index is 1710. The third kappa shape index (κ3) is 3.74. The maximum Gasteiger partial charge on any atom is 0.333 e. The first-order valence-electron chi connectivity index (χ1n) is 11.2. The predicted octanol–water partition coefficient (Wildman–Crippen LogP) is 4.83. The quantitative estimate of drug-likeness (QED) is 0.379. The summed E-state index contributed by atoms with van der Waals surface area (Å²) in [7, 11) is 1.73. The van der Waals surface area contributed by atoms with E-state index in [0.29, 0.717) is 20.9 Å². The zero-order chi connectivity index (χ0) is 24.1. The van der Waals surface area contributed by atoms with Crippen molar-refractivity contribution in [2.24, 2.45) is 0 Å². The molecule has 1 atom stereocenters. The summed E-state index contributed by atoms with van der Waals surface area (Å²) in [6.45, 7) is 1.69. The van der Waals surface area contributed by atoms with E-state index in [0.717, 1.165) is 46.4 Å². The topological polar surface area (TPSA) is 80.2 Å². The molecule has 0 radical (unpaired) electrons. The minimum Gasteiger partial charge on any atom is -0.380 e. The Morgan fingerprint density at radius 1 is 1.14 bits per heavy atom. The van der Waals surface area contributed by atoms with Crippen LogP contribution in [0.1, 0.15) is 6.42 Å². The van der Waals surface area contributed by atoms with Crippen molar-refractivity contribution in [3.63, 3.8) is 0 Å². The zero-order valence-corrected chi connectivity index (χ0v) is 20.4. The third-order valence-electron chi connectivity index (χ3n) is 6.52. The Balaban J connectivity index is 1.52. The number of nitrogens with one attached hydrogen (secondary N) is 1. The van der Waals surface area contributed by atoms with E-state index in [1.165, 1.54) is 15.9 Å². The number of aromatic amines is 1. The number of benzene rings is 2. The van der Waals surface area contributed by atoms with Crippen molar-refractivity contribution < 1.29 is 4.74 Å². The first-order chi connectivity index (χ1) is 17.0. The number of methoxy groups -OCH3 is 1. The standard InChI is InChI=1S/C26H21ClN4O3S/c1-34-17-8-9-30(14-17)16-7-6-15-12-28-13-22(19(15)10-16)31-25(32)24-21(29-26(31)33)11-23(35-24)18-4-2-3-5-20(18)27/h2-7,10-13,17H,8-9,14H2,1H3,(H,29,33)/t17-/m0/s1. The molecule has 35 heavy (non-hydrogen) atoms. The van der Waals surface area contributed by atoms with Crippen molar-refractivity contribution in [2.45, 2.75) is 12.5 Å². The van der Waals surface area contributed by atoms with Gasteiger partial charge in [-0.15, -0.1) is 11.3 Å². The number of fused-ring (bicyclic) bond motifs is 2. The van der Waals surface area contributed by atoms with E-state index in [4.69, 9.17) is 16.3 Å². The van der Waals surface area contributed by atoms with Crippen LogP contribution < -0.4 is 16.1 Å².